The van der Waals surface area contributed by atoms with Gasteiger partial charge in [0, 0.05) is 25.7 Å². The molecule has 0 aliphatic carbocycles. The lowest BCUT2D eigenvalue weighted by molar-refractivity contribution is -0.103. The third kappa shape index (κ3) is 3.01. The summed E-state index contributed by atoms with van der Waals surface area (Å²) in [6.45, 7) is 2.41. The van der Waals surface area contributed by atoms with Crippen molar-refractivity contribution in [2.45, 2.75) is 37.3 Å². The van der Waals surface area contributed by atoms with Gasteiger partial charge < -0.3 is 9.47 Å². The first-order valence-electron chi connectivity index (χ1n) is 7.00. The van der Waals surface area contributed by atoms with Gasteiger partial charge in [-0.1, -0.05) is 0 Å². The Morgan fingerprint density at radius 2 is 2.47 bits per heavy atom. The highest BCUT2D eigenvalue weighted by molar-refractivity contribution is 7.07. The second-order valence-electron chi connectivity index (χ2n) is 5.70. The van der Waals surface area contributed by atoms with Crippen LogP contribution in [-0.4, -0.2) is 31.5 Å². The quantitative estimate of drug-likeness (QED) is 0.652. The Labute approximate surface area is 118 Å². The van der Waals surface area contributed by atoms with Gasteiger partial charge >= 0.3 is 0 Å². The van der Waals surface area contributed by atoms with Gasteiger partial charge in [-0.2, -0.15) is 11.3 Å². The van der Waals surface area contributed by atoms with Gasteiger partial charge in [-0.15, -0.1) is 0 Å². The highest BCUT2D eigenvalue weighted by Crippen LogP contribution is 2.37. The zero-order valence-corrected chi connectivity index (χ0v) is 12.0. The summed E-state index contributed by atoms with van der Waals surface area (Å²) in [5.41, 5.74) is 4.36. The van der Waals surface area contributed by atoms with E-state index in [9.17, 15) is 0 Å². The van der Waals surface area contributed by atoms with E-state index in [-0.39, 0.29) is 5.60 Å². The normalized spacial score (nSPS) is 32.8. The van der Waals surface area contributed by atoms with Crippen LogP contribution in [0.2, 0.25) is 0 Å². The van der Waals surface area contributed by atoms with Crippen molar-refractivity contribution in [2.24, 2.45) is 11.8 Å². The summed E-state index contributed by atoms with van der Waals surface area (Å²) in [4.78, 5) is 0. The number of nitrogens with one attached hydrogen (secondary N) is 1. The Bertz CT molecular complexity index is 390. The average molecular weight is 282 g/mol. The van der Waals surface area contributed by atoms with Gasteiger partial charge in [-0.3, -0.25) is 11.3 Å². The Morgan fingerprint density at radius 1 is 1.53 bits per heavy atom. The summed E-state index contributed by atoms with van der Waals surface area (Å²) in [5, 5.41) is 4.33. The first-order chi connectivity index (χ1) is 9.31. The molecule has 3 rings (SSSR count). The second-order valence-corrected chi connectivity index (χ2v) is 6.48. The smallest absolute Gasteiger partial charge is 0.0939 e. The fraction of sp³-hybridized carbons (Fsp3) is 0.714. The van der Waals surface area contributed by atoms with Crippen LogP contribution in [0, 0.1) is 5.92 Å². The molecule has 1 aromatic rings. The molecule has 2 aliphatic heterocycles. The molecular weight excluding hydrogens is 260 g/mol. The van der Waals surface area contributed by atoms with Crippen molar-refractivity contribution in [1.82, 2.24) is 5.43 Å². The summed E-state index contributed by atoms with van der Waals surface area (Å²) in [6, 6.07) is 2.51. The number of hydrazine groups is 1. The number of hydrogen-bond donors (Lipinski definition) is 2. The van der Waals surface area contributed by atoms with E-state index in [2.05, 4.69) is 22.3 Å². The molecule has 0 aromatic carbocycles. The summed E-state index contributed by atoms with van der Waals surface area (Å²) < 4.78 is 11.5. The van der Waals surface area contributed by atoms with Gasteiger partial charge in [0.1, 0.15) is 0 Å². The number of ether oxygens (including phenoxy) is 2. The van der Waals surface area contributed by atoms with E-state index in [1.165, 1.54) is 5.56 Å². The lowest BCUT2D eigenvalue weighted by Gasteiger charge is -2.40. The maximum atomic E-state index is 5.99. The second kappa shape index (κ2) is 5.89. The van der Waals surface area contributed by atoms with Crippen LogP contribution in [0.25, 0.3) is 0 Å². The van der Waals surface area contributed by atoms with E-state index >= 15 is 0 Å². The molecule has 2 aliphatic rings. The van der Waals surface area contributed by atoms with Gasteiger partial charge in [0.25, 0.3) is 0 Å². The highest BCUT2D eigenvalue weighted by Gasteiger charge is 2.42. The van der Waals surface area contributed by atoms with Gasteiger partial charge in [0.15, 0.2) is 0 Å². The van der Waals surface area contributed by atoms with E-state index in [1.807, 2.05) is 0 Å². The molecule has 5 heteroatoms. The molecule has 1 spiro atoms. The molecule has 0 radical (unpaired) electrons. The topological polar surface area (TPSA) is 56.5 Å². The molecule has 106 valence electrons. The summed E-state index contributed by atoms with van der Waals surface area (Å²) in [6.07, 6.45) is 4.17. The van der Waals surface area contributed by atoms with Gasteiger partial charge in [-0.05, 0) is 47.6 Å². The van der Waals surface area contributed by atoms with Crippen LogP contribution in [0.4, 0.5) is 0 Å². The predicted octanol–water partition coefficient (Wildman–Crippen LogP) is 1.71. The van der Waals surface area contributed by atoms with E-state index in [0.29, 0.717) is 12.0 Å². The van der Waals surface area contributed by atoms with Crippen molar-refractivity contribution in [3.63, 3.8) is 0 Å². The number of nitrogens with two attached hydrogens (primary N) is 1. The Balaban J connectivity index is 1.65. The van der Waals surface area contributed by atoms with Crippen LogP contribution in [0.15, 0.2) is 16.8 Å². The van der Waals surface area contributed by atoms with Gasteiger partial charge in [-0.25, -0.2) is 0 Å². The first-order valence-corrected chi connectivity index (χ1v) is 7.94. The summed E-state index contributed by atoms with van der Waals surface area (Å²) in [7, 11) is 0. The molecule has 3 N–H and O–H groups in total. The predicted molar refractivity (Wildman–Crippen MR) is 76.0 cm³/mol. The maximum Gasteiger partial charge on any atom is 0.0939 e. The van der Waals surface area contributed by atoms with Crippen LogP contribution in [0.5, 0.6) is 0 Å². The first kappa shape index (κ1) is 13.5. The molecule has 2 saturated heterocycles. The molecule has 0 saturated carbocycles. The summed E-state index contributed by atoms with van der Waals surface area (Å²) >= 11 is 1.74. The number of thiophene rings is 1. The van der Waals surface area contributed by atoms with E-state index in [1.54, 1.807) is 11.3 Å². The molecule has 3 atom stereocenters. The van der Waals surface area contributed by atoms with Crippen LogP contribution < -0.4 is 11.3 Å². The van der Waals surface area contributed by atoms with Crippen LogP contribution >= 0.6 is 11.3 Å². The summed E-state index contributed by atoms with van der Waals surface area (Å²) in [5.74, 6) is 6.36. The third-order valence-electron chi connectivity index (χ3n) is 4.42. The molecule has 1 aromatic heterocycles. The van der Waals surface area contributed by atoms with Gasteiger partial charge in [0.05, 0.1) is 12.2 Å². The van der Waals surface area contributed by atoms with Crippen molar-refractivity contribution in [3.8, 4) is 0 Å². The van der Waals surface area contributed by atoms with Crippen molar-refractivity contribution in [1.29, 1.82) is 0 Å². The van der Waals surface area contributed by atoms with Crippen LogP contribution in [0.1, 0.15) is 24.8 Å². The fourth-order valence-corrected chi connectivity index (χ4v) is 3.98. The maximum absolute atomic E-state index is 5.99. The SMILES string of the molecule is NNC(Cc1ccsc1)C1CCOC2(CCOC2)C1. The van der Waals surface area contributed by atoms with Crippen molar-refractivity contribution in [3.05, 3.63) is 22.4 Å². The molecular formula is C14H22N2O2S. The molecule has 3 unspecified atom stereocenters. The van der Waals surface area contributed by atoms with E-state index in [0.717, 1.165) is 45.5 Å². The van der Waals surface area contributed by atoms with Crippen molar-refractivity contribution >= 4 is 11.3 Å². The zero-order chi connectivity index (χ0) is 13.1. The van der Waals surface area contributed by atoms with E-state index < -0.39 is 0 Å². The monoisotopic (exact) mass is 282 g/mol. The lowest BCUT2D eigenvalue weighted by atomic mass is 9.80. The minimum atomic E-state index is -0.0351. The minimum absolute atomic E-state index is 0.0351. The fourth-order valence-electron chi connectivity index (χ4n) is 3.30. The number of hydrogen-bond acceptors (Lipinski definition) is 5. The largest absolute Gasteiger partial charge is 0.378 e. The molecule has 19 heavy (non-hydrogen) atoms. The molecule has 4 nitrogen and oxygen atoms in total. The van der Waals surface area contributed by atoms with Crippen molar-refractivity contribution in [2.75, 3.05) is 19.8 Å². The van der Waals surface area contributed by atoms with Crippen LogP contribution in [-0.2, 0) is 15.9 Å². The standard InChI is InChI=1S/C14H22N2O2S/c15-16-13(7-11-2-6-19-9-11)12-1-4-18-14(8-12)3-5-17-10-14/h2,6,9,12-13,16H,1,3-5,7-8,10,15H2. The van der Waals surface area contributed by atoms with Crippen molar-refractivity contribution < 1.29 is 9.47 Å². The molecule has 3 heterocycles. The minimum Gasteiger partial charge on any atom is -0.378 e. The molecule has 0 amide bonds. The average Bonchev–Trinajstić information content (AvgIpc) is 3.08. The molecule has 0 bridgehead atoms. The Kier molecular flexibility index (Phi) is 4.19. The Hall–Kier alpha value is -0.460. The third-order valence-corrected chi connectivity index (χ3v) is 5.15. The zero-order valence-electron chi connectivity index (χ0n) is 11.1. The Morgan fingerprint density at radius 3 is 3.16 bits per heavy atom. The van der Waals surface area contributed by atoms with Gasteiger partial charge in [0.2, 0.25) is 0 Å². The number of rotatable bonds is 4. The van der Waals surface area contributed by atoms with E-state index in [4.69, 9.17) is 15.3 Å². The molecule has 2 fully saturated rings. The van der Waals surface area contributed by atoms with Crippen LogP contribution in [0.3, 0.4) is 0 Å². The highest BCUT2D eigenvalue weighted by atomic mass is 32.1. The lowest BCUT2D eigenvalue weighted by Crippen LogP contribution is -2.49.